The summed E-state index contributed by atoms with van der Waals surface area (Å²) in [7, 11) is 0. The molecule has 220 valence electrons. The van der Waals surface area contributed by atoms with Crippen molar-refractivity contribution in [2.24, 2.45) is 0 Å². The van der Waals surface area contributed by atoms with Gasteiger partial charge in [0, 0.05) is 0 Å². The summed E-state index contributed by atoms with van der Waals surface area (Å²) in [6, 6.07) is 5.14. The Morgan fingerprint density at radius 1 is 0.725 bits per heavy atom. The lowest BCUT2D eigenvalue weighted by atomic mass is 10.2. The van der Waals surface area contributed by atoms with Gasteiger partial charge in [0.1, 0.15) is 5.75 Å². The Kier molecular flexibility index (Phi) is 14.8. The minimum atomic E-state index is -4.72. The number of hydrogen-bond acceptors (Lipinski definition) is 9. The van der Waals surface area contributed by atoms with Crippen LogP contribution in [0.15, 0.2) is 24.3 Å². The summed E-state index contributed by atoms with van der Waals surface area (Å²) in [5.41, 5.74) is -0.672. The first kappa shape index (κ1) is 35.5. The number of carbonyl (C=O) groups is 2. The van der Waals surface area contributed by atoms with E-state index >= 15 is 0 Å². The smallest absolute Gasteiger partial charge is 0.465 e. The molecule has 0 saturated heterocycles. The van der Waals surface area contributed by atoms with Crippen molar-refractivity contribution >= 4 is 68.3 Å². The van der Waals surface area contributed by atoms with Crippen molar-refractivity contribution in [3.8, 4) is 5.75 Å². The SMILES string of the molecule is CCOC(=O)CSC(=S)c1c(F)c(F)c(F)c(F)c1F.CCOC(=O)CSC(=S)c1ccc(OC(F)(F)F)cc1. The normalized spacial score (nSPS) is 10.8. The fourth-order valence-corrected chi connectivity index (χ4v) is 4.35. The van der Waals surface area contributed by atoms with Crippen LogP contribution in [-0.2, 0) is 19.1 Å². The van der Waals surface area contributed by atoms with Crippen LogP contribution in [0.4, 0.5) is 35.1 Å². The van der Waals surface area contributed by atoms with Crippen LogP contribution in [0.1, 0.15) is 25.0 Å². The van der Waals surface area contributed by atoms with E-state index in [1.807, 2.05) is 0 Å². The molecule has 0 spiro atoms. The van der Waals surface area contributed by atoms with Gasteiger partial charge in [-0.3, -0.25) is 9.59 Å². The van der Waals surface area contributed by atoms with Crippen molar-refractivity contribution in [3.63, 3.8) is 0 Å². The van der Waals surface area contributed by atoms with Gasteiger partial charge in [-0.25, -0.2) is 22.0 Å². The van der Waals surface area contributed by atoms with Gasteiger partial charge in [0.15, 0.2) is 23.3 Å². The molecule has 40 heavy (non-hydrogen) atoms. The highest BCUT2D eigenvalue weighted by atomic mass is 32.2. The number of hydrogen-bond donors (Lipinski definition) is 0. The highest BCUT2D eigenvalue weighted by Gasteiger charge is 2.31. The number of halogens is 8. The predicted molar refractivity (Wildman–Crippen MR) is 141 cm³/mol. The Labute approximate surface area is 241 Å². The van der Waals surface area contributed by atoms with E-state index in [9.17, 15) is 44.7 Å². The summed E-state index contributed by atoms with van der Waals surface area (Å²) in [5, 5.41) is 0. The molecular formula is C23H18F8O5S4. The molecule has 0 unspecified atom stereocenters. The molecule has 0 atom stereocenters. The van der Waals surface area contributed by atoms with E-state index in [0.717, 1.165) is 11.8 Å². The third kappa shape index (κ3) is 11.5. The first-order chi connectivity index (χ1) is 18.6. The van der Waals surface area contributed by atoms with Gasteiger partial charge in [0.05, 0.1) is 38.7 Å². The van der Waals surface area contributed by atoms with E-state index in [2.05, 4.69) is 21.7 Å². The summed E-state index contributed by atoms with van der Waals surface area (Å²) in [4.78, 5) is 22.2. The maximum absolute atomic E-state index is 13.4. The maximum atomic E-state index is 13.4. The molecule has 0 amide bonds. The summed E-state index contributed by atoms with van der Waals surface area (Å²) < 4.78 is 114. The van der Waals surface area contributed by atoms with Gasteiger partial charge >= 0.3 is 18.3 Å². The van der Waals surface area contributed by atoms with Crippen LogP contribution in [0.2, 0.25) is 0 Å². The molecule has 0 aliphatic rings. The van der Waals surface area contributed by atoms with Crippen LogP contribution in [0.5, 0.6) is 5.75 Å². The minimum Gasteiger partial charge on any atom is -0.465 e. The third-order valence-electron chi connectivity index (χ3n) is 3.99. The lowest BCUT2D eigenvalue weighted by Crippen LogP contribution is -2.17. The van der Waals surface area contributed by atoms with Gasteiger partial charge in [-0.1, -0.05) is 24.4 Å². The molecule has 2 aromatic carbocycles. The predicted octanol–water partition coefficient (Wildman–Crippen LogP) is 6.91. The first-order valence-electron chi connectivity index (χ1n) is 10.7. The van der Waals surface area contributed by atoms with Gasteiger partial charge in [0.2, 0.25) is 5.82 Å². The standard InChI is InChI=1S/C12H11F3O3S2.C11H7F5O2S2/c1-2-17-10(16)7-20-11(19)8-3-5-9(6-4-8)18-12(13,14)15;1-2-18-4(17)3-20-11(19)5-6(12)8(14)10(16)9(15)7(5)13/h3-6H,2,7H2,1H3;2-3H2,1H3. The number of alkyl halides is 3. The molecule has 0 heterocycles. The monoisotopic (exact) mass is 654 g/mol. The summed E-state index contributed by atoms with van der Waals surface area (Å²) >= 11 is 11.2. The van der Waals surface area contributed by atoms with E-state index in [1.54, 1.807) is 13.8 Å². The topological polar surface area (TPSA) is 61.8 Å². The fraction of sp³-hybridized carbons (Fsp3) is 0.304. The van der Waals surface area contributed by atoms with E-state index in [0.29, 0.717) is 21.5 Å². The Bertz CT molecular complexity index is 1190. The number of rotatable bonds is 9. The van der Waals surface area contributed by atoms with E-state index in [4.69, 9.17) is 17.0 Å². The van der Waals surface area contributed by atoms with E-state index < -0.39 is 62.9 Å². The van der Waals surface area contributed by atoms with Crippen molar-refractivity contribution in [2.75, 3.05) is 24.7 Å². The van der Waals surface area contributed by atoms with Crippen LogP contribution >= 0.6 is 48.0 Å². The number of thioether (sulfide) groups is 2. The molecule has 0 bridgehead atoms. The summed E-state index contributed by atoms with van der Waals surface area (Å²) in [5.74, 6) is -12.2. The second-order valence-electron chi connectivity index (χ2n) is 6.78. The first-order valence-corrected chi connectivity index (χ1v) is 13.4. The van der Waals surface area contributed by atoms with Gasteiger partial charge in [-0.05, 0) is 43.7 Å². The van der Waals surface area contributed by atoms with Crippen molar-refractivity contribution in [2.45, 2.75) is 20.2 Å². The molecule has 2 aromatic rings. The zero-order valence-electron chi connectivity index (χ0n) is 20.3. The molecule has 2 rings (SSSR count). The minimum absolute atomic E-state index is 0.0630. The van der Waals surface area contributed by atoms with Crippen LogP contribution in [0.3, 0.4) is 0 Å². The zero-order chi connectivity index (χ0) is 30.6. The molecule has 17 heteroatoms. The molecule has 0 aliphatic carbocycles. The number of ether oxygens (including phenoxy) is 3. The second-order valence-corrected chi connectivity index (χ2v) is 10.1. The average Bonchev–Trinajstić information content (AvgIpc) is 2.88. The Balaban J connectivity index is 0.000000400. The largest absolute Gasteiger partial charge is 0.573 e. The maximum Gasteiger partial charge on any atom is 0.573 e. The third-order valence-corrected chi connectivity index (χ3v) is 6.86. The molecule has 5 nitrogen and oxygen atoms in total. The zero-order valence-corrected chi connectivity index (χ0v) is 23.6. The summed E-state index contributed by atoms with van der Waals surface area (Å²) in [6.07, 6.45) is -4.72. The van der Waals surface area contributed by atoms with E-state index in [1.165, 1.54) is 24.3 Å². The van der Waals surface area contributed by atoms with Crippen LogP contribution in [0.25, 0.3) is 0 Å². The number of benzene rings is 2. The van der Waals surface area contributed by atoms with Gasteiger partial charge in [-0.15, -0.1) is 36.7 Å². The van der Waals surface area contributed by atoms with Crippen LogP contribution < -0.4 is 4.74 Å². The number of esters is 2. The van der Waals surface area contributed by atoms with Crippen molar-refractivity contribution in [1.29, 1.82) is 0 Å². The lowest BCUT2D eigenvalue weighted by molar-refractivity contribution is -0.274. The quantitative estimate of drug-likeness (QED) is 0.0944. The van der Waals surface area contributed by atoms with Crippen LogP contribution in [-0.4, -0.2) is 51.4 Å². The molecule has 0 N–H and O–H groups in total. The molecule has 0 fully saturated rings. The Hall–Kier alpha value is -2.50. The van der Waals surface area contributed by atoms with Gasteiger partial charge in [-0.2, -0.15) is 0 Å². The fourth-order valence-electron chi connectivity index (χ4n) is 2.39. The molecular weight excluding hydrogens is 637 g/mol. The van der Waals surface area contributed by atoms with E-state index in [-0.39, 0.29) is 24.7 Å². The highest BCUT2D eigenvalue weighted by molar-refractivity contribution is 8.24. The number of thiocarbonyl (C=S) groups is 2. The van der Waals surface area contributed by atoms with Crippen LogP contribution in [0, 0.1) is 29.1 Å². The van der Waals surface area contributed by atoms with Gasteiger partial charge < -0.3 is 14.2 Å². The molecule has 0 aromatic heterocycles. The van der Waals surface area contributed by atoms with Crippen molar-refractivity contribution in [3.05, 3.63) is 64.5 Å². The van der Waals surface area contributed by atoms with Gasteiger partial charge in [0.25, 0.3) is 0 Å². The Morgan fingerprint density at radius 3 is 1.52 bits per heavy atom. The van der Waals surface area contributed by atoms with Crippen molar-refractivity contribution < 1.29 is 58.9 Å². The van der Waals surface area contributed by atoms with Crippen molar-refractivity contribution in [1.82, 2.24) is 0 Å². The molecule has 0 saturated carbocycles. The highest BCUT2D eigenvalue weighted by Crippen LogP contribution is 2.27. The average molecular weight is 655 g/mol. The lowest BCUT2D eigenvalue weighted by Gasteiger charge is -2.09. The summed E-state index contributed by atoms with van der Waals surface area (Å²) in [6.45, 7) is 3.62. The number of carbonyl (C=O) groups excluding carboxylic acids is 2. The Morgan fingerprint density at radius 2 is 1.12 bits per heavy atom. The second kappa shape index (κ2) is 16.7. The molecule has 0 radical (unpaired) electrons. The molecule has 0 aliphatic heterocycles.